The van der Waals surface area contributed by atoms with Crippen molar-refractivity contribution in [2.75, 3.05) is 0 Å². The molecule has 0 aliphatic heterocycles. The molecule has 0 saturated carbocycles. The van der Waals surface area contributed by atoms with Crippen molar-refractivity contribution < 1.29 is 9.90 Å². The SMILES string of the molecule is O=C(O)c1cc(=O)[nH]c2c3c(ccc12)CCCC3. The quantitative estimate of drug-likeness (QED) is 0.805. The van der Waals surface area contributed by atoms with Crippen LogP contribution >= 0.6 is 0 Å². The third-order valence-electron chi connectivity index (χ3n) is 3.58. The van der Waals surface area contributed by atoms with Crippen molar-refractivity contribution in [2.45, 2.75) is 25.7 Å². The van der Waals surface area contributed by atoms with E-state index in [1.165, 1.54) is 5.56 Å². The lowest BCUT2D eigenvalue weighted by Crippen LogP contribution is -2.13. The van der Waals surface area contributed by atoms with Crippen LogP contribution in [0.15, 0.2) is 23.0 Å². The Hall–Kier alpha value is -2.10. The Morgan fingerprint density at radius 1 is 1.22 bits per heavy atom. The number of H-pyrrole nitrogens is 1. The predicted molar refractivity (Wildman–Crippen MR) is 68.2 cm³/mol. The highest BCUT2D eigenvalue weighted by molar-refractivity contribution is 6.03. The lowest BCUT2D eigenvalue weighted by molar-refractivity contribution is 0.0699. The van der Waals surface area contributed by atoms with E-state index in [0.717, 1.165) is 37.3 Å². The molecular weight excluding hydrogens is 230 g/mol. The summed E-state index contributed by atoms with van der Waals surface area (Å²) in [5.41, 5.74) is 2.78. The van der Waals surface area contributed by atoms with Gasteiger partial charge >= 0.3 is 5.97 Å². The topological polar surface area (TPSA) is 70.2 Å². The molecule has 0 saturated heterocycles. The number of carbonyl (C=O) groups is 1. The maximum Gasteiger partial charge on any atom is 0.336 e. The zero-order chi connectivity index (χ0) is 12.7. The van der Waals surface area contributed by atoms with E-state index in [0.29, 0.717) is 10.9 Å². The summed E-state index contributed by atoms with van der Waals surface area (Å²) in [5, 5.41) is 9.79. The van der Waals surface area contributed by atoms with Gasteiger partial charge in [-0.25, -0.2) is 4.79 Å². The van der Waals surface area contributed by atoms with Crippen LogP contribution in [0.5, 0.6) is 0 Å². The third kappa shape index (κ3) is 1.61. The Kier molecular flexibility index (Phi) is 2.44. The fraction of sp³-hybridized carbons (Fsp3) is 0.286. The number of rotatable bonds is 1. The van der Waals surface area contributed by atoms with Crippen LogP contribution in [0.4, 0.5) is 0 Å². The molecule has 18 heavy (non-hydrogen) atoms. The second kappa shape index (κ2) is 3.98. The van der Waals surface area contributed by atoms with Crippen molar-refractivity contribution in [3.05, 3.63) is 45.2 Å². The van der Waals surface area contributed by atoms with Gasteiger partial charge in [-0.2, -0.15) is 0 Å². The van der Waals surface area contributed by atoms with Gasteiger partial charge in [0.15, 0.2) is 0 Å². The van der Waals surface area contributed by atoms with E-state index in [9.17, 15) is 9.59 Å². The van der Waals surface area contributed by atoms with E-state index >= 15 is 0 Å². The Morgan fingerprint density at radius 3 is 2.78 bits per heavy atom. The summed E-state index contributed by atoms with van der Waals surface area (Å²) in [5.74, 6) is -1.05. The fourth-order valence-corrected chi connectivity index (χ4v) is 2.74. The van der Waals surface area contributed by atoms with Gasteiger partial charge in [0.2, 0.25) is 5.56 Å². The first-order valence-corrected chi connectivity index (χ1v) is 6.08. The van der Waals surface area contributed by atoms with Gasteiger partial charge in [0.25, 0.3) is 0 Å². The molecule has 1 heterocycles. The van der Waals surface area contributed by atoms with Gasteiger partial charge in [0.1, 0.15) is 0 Å². The molecule has 1 aromatic carbocycles. The third-order valence-corrected chi connectivity index (χ3v) is 3.58. The summed E-state index contributed by atoms with van der Waals surface area (Å²) < 4.78 is 0. The summed E-state index contributed by atoms with van der Waals surface area (Å²) in [6, 6.07) is 4.94. The van der Waals surface area contributed by atoms with E-state index in [1.807, 2.05) is 6.07 Å². The maximum absolute atomic E-state index is 11.6. The molecule has 1 aliphatic rings. The number of fused-ring (bicyclic) bond motifs is 3. The number of aryl methyl sites for hydroxylation is 2. The first kappa shape index (κ1) is 11.0. The first-order valence-electron chi connectivity index (χ1n) is 6.08. The zero-order valence-electron chi connectivity index (χ0n) is 9.82. The number of aromatic amines is 1. The smallest absolute Gasteiger partial charge is 0.336 e. The molecule has 2 aromatic rings. The second-order valence-corrected chi connectivity index (χ2v) is 4.69. The molecular formula is C14H13NO3. The highest BCUT2D eigenvalue weighted by Crippen LogP contribution is 2.28. The zero-order valence-corrected chi connectivity index (χ0v) is 9.82. The lowest BCUT2D eigenvalue weighted by Gasteiger charge is -2.18. The van der Waals surface area contributed by atoms with Crippen molar-refractivity contribution in [2.24, 2.45) is 0 Å². The van der Waals surface area contributed by atoms with E-state index in [1.54, 1.807) is 6.07 Å². The minimum Gasteiger partial charge on any atom is -0.478 e. The van der Waals surface area contributed by atoms with Crippen molar-refractivity contribution in [1.82, 2.24) is 4.98 Å². The van der Waals surface area contributed by atoms with Crippen molar-refractivity contribution in [3.8, 4) is 0 Å². The Balaban J connectivity index is 2.42. The first-order chi connectivity index (χ1) is 8.66. The molecule has 0 fully saturated rings. The molecule has 0 spiro atoms. The molecule has 0 atom stereocenters. The van der Waals surface area contributed by atoms with Gasteiger partial charge in [-0.3, -0.25) is 4.79 Å². The highest BCUT2D eigenvalue weighted by atomic mass is 16.4. The standard InChI is InChI=1S/C14H13NO3/c16-12-7-11(14(17)18)10-6-5-8-3-1-2-4-9(8)13(10)15-12/h5-7H,1-4H2,(H,15,16)(H,17,18). The average Bonchev–Trinajstić information content (AvgIpc) is 2.37. The number of hydrogen-bond donors (Lipinski definition) is 2. The normalized spacial score (nSPS) is 14.4. The largest absolute Gasteiger partial charge is 0.478 e. The highest BCUT2D eigenvalue weighted by Gasteiger charge is 2.17. The number of nitrogens with one attached hydrogen (secondary N) is 1. The number of pyridine rings is 1. The van der Waals surface area contributed by atoms with Gasteiger partial charge in [-0.05, 0) is 36.8 Å². The van der Waals surface area contributed by atoms with Gasteiger partial charge in [-0.15, -0.1) is 0 Å². The molecule has 3 rings (SSSR count). The summed E-state index contributed by atoms with van der Waals surface area (Å²) in [4.78, 5) is 25.6. The van der Waals surface area contributed by atoms with Crippen molar-refractivity contribution in [1.29, 1.82) is 0 Å². The van der Waals surface area contributed by atoms with Gasteiger partial charge in [0, 0.05) is 11.5 Å². The monoisotopic (exact) mass is 243 g/mol. The second-order valence-electron chi connectivity index (χ2n) is 4.69. The predicted octanol–water partition coefficient (Wildman–Crippen LogP) is 2.11. The Bertz CT molecular complexity index is 700. The molecule has 0 bridgehead atoms. The van der Waals surface area contributed by atoms with E-state index in [2.05, 4.69) is 4.98 Å². The number of carboxylic acids is 1. The molecule has 1 aromatic heterocycles. The number of hydrogen-bond acceptors (Lipinski definition) is 2. The number of benzene rings is 1. The van der Waals surface area contributed by atoms with Crippen molar-refractivity contribution >= 4 is 16.9 Å². The Labute approximate surface area is 103 Å². The van der Waals surface area contributed by atoms with Crippen LogP contribution in [0.25, 0.3) is 10.9 Å². The van der Waals surface area contributed by atoms with Gasteiger partial charge in [0.05, 0.1) is 11.1 Å². The van der Waals surface area contributed by atoms with Crippen LogP contribution in [0.1, 0.15) is 34.3 Å². The summed E-state index contributed by atoms with van der Waals surface area (Å²) >= 11 is 0. The maximum atomic E-state index is 11.6. The number of aromatic nitrogens is 1. The summed E-state index contributed by atoms with van der Waals surface area (Å²) in [6.07, 6.45) is 4.16. The lowest BCUT2D eigenvalue weighted by atomic mass is 9.89. The van der Waals surface area contributed by atoms with Crippen LogP contribution < -0.4 is 5.56 Å². The molecule has 0 unspecified atom stereocenters. The van der Waals surface area contributed by atoms with Crippen LogP contribution in [0, 0.1) is 0 Å². The van der Waals surface area contributed by atoms with Crippen molar-refractivity contribution in [3.63, 3.8) is 0 Å². The van der Waals surface area contributed by atoms with Crippen LogP contribution in [0.2, 0.25) is 0 Å². The van der Waals surface area contributed by atoms with Crippen LogP contribution in [-0.2, 0) is 12.8 Å². The molecule has 92 valence electrons. The summed E-state index contributed by atoms with van der Waals surface area (Å²) in [7, 11) is 0. The van der Waals surface area contributed by atoms with Crippen LogP contribution in [-0.4, -0.2) is 16.1 Å². The average molecular weight is 243 g/mol. The Morgan fingerprint density at radius 2 is 2.00 bits per heavy atom. The fourth-order valence-electron chi connectivity index (χ4n) is 2.74. The number of aromatic carboxylic acids is 1. The van der Waals surface area contributed by atoms with E-state index in [-0.39, 0.29) is 11.1 Å². The van der Waals surface area contributed by atoms with Gasteiger partial charge < -0.3 is 10.1 Å². The molecule has 0 amide bonds. The van der Waals surface area contributed by atoms with Crippen LogP contribution in [0.3, 0.4) is 0 Å². The van der Waals surface area contributed by atoms with E-state index < -0.39 is 5.97 Å². The summed E-state index contributed by atoms with van der Waals surface area (Å²) in [6.45, 7) is 0. The van der Waals surface area contributed by atoms with E-state index in [4.69, 9.17) is 5.11 Å². The minimum absolute atomic E-state index is 0.0853. The number of carboxylic acid groups (broad SMARTS) is 1. The minimum atomic E-state index is -1.05. The molecule has 0 radical (unpaired) electrons. The molecule has 4 heteroatoms. The van der Waals surface area contributed by atoms with Gasteiger partial charge in [-0.1, -0.05) is 12.1 Å². The molecule has 2 N–H and O–H groups in total. The molecule has 4 nitrogen and oxygen atoms in total. The molecule has 1 aliphatic carbocycles.